The third-order valence-corrected chi connectivity index (χ3v) is 5.73. The quantitative estimate of drug-likeness (QED) is 0.463. The predicted molar refractivity (Wildman–Crippen MR) is 113 cm³/mol. The second-order valence-corrected chi connectivity index (χ2v) is 7.65. The third-order valence-electron chi connectivity index (χ3n) is 5.73. The van der Waals surface area contributed by atoms with Gasteiger partial charge in [-0.05, 0) is 24.3 Å². The summed E-state index contributed by atoms with van der Waals surface area (Å²) in [5, 5.41) is 4.11. The molecule has 5 rings (SSSR count). The van der Waals surface area contributed by atoms with E-state index in [2.05, 4.69) is 20.0 Å². The second-order valence-electron chi connectivity index (χ2n) is 7.65. The monoisotopic (exact) mass is 439 g/mol. The number of carbonyl (C=O) groups excluding carboxylic acids is 1. The van der Waals surface area contributed by atoms with Crippen LogP contribution in [0.15, 0.2) is 41.3 Å². The molecule has 0 atom stereocenters. The number of halogens is 2. The molecule has 32 heavy (non-hydrogen) atoms. The van der Waals surface area contributed by atoms with Crippen LogP contribution in [-0.2, 0) is 6.54 Å². The van der Waals surface area contributed by atoms with E-state index < -0.39 is 23.2 Å². The van der Waals surface area contributed by atoms with E-state index in [9.17, 15) is 14.0 Å². The summed E-state index contributed by atoms with van der Waals surface area (Å²) in [7, 11) is 0. The van der Waals surface area contributed by atoms with Crippen molar-refractivity contribution in [1.82, 2.24) is 24.5 Å². The average Bonchev–Trinajstić information content (AvgIpc) is 3.28. The highest BCUT2D eigenvalue weighted by atomic mass is 19.1. The molecule has 0 unspecified atom stereocenters. The van der Waals surface area contributed by atoms with Crippen LogP contribution in [0.3, 0.4) is 0 Å². The molecular formula is C21H19F2N7O2. The highest BCUT2D eigenvalue weighted by Crippen LogP contribution is 2.23. The van der Waals surface area contributed by atoms with Gasteiger partial charge in [0, 0.05) is 38.3 Å². The van der Waals surface area contributed by atoms with Gasteiger partial charge in [0.05, 0.1) is 17.4 Å². The Morgan fingerprint density at radius 1 is 1.06 bits per heavy atom. The van der Waals surface area contributed by atoms with E-state index in [1.165, 1.54) is 22.8 Å². The maximum Gasteiger partial charge on any atom is 0.274 e. The second kappa shape index (κ2) is 7.68. The molecule has 11 heteroatoms. The van der Waals surface area contributed by atoms with Crippen LogP contribution in [0.4, 0.5) is 14.5 Å². The average molecular weight is 439 g/mol. The first-order chi connectivity index (χ1) is 15.4. The van der Waals surface area contributed by atoms with Crippen LogP contribution in [0.25, 0.3) is 16.6 Å². The fraction of sp³-hybridized carbons (Fsp3) is 0.238. The van der Waals surface area contributed by atoms with E-state index in [4.69, 9.17) is 5.73 Å². The summed E-state index contributed by atoms with van der Waals surface area (Å²) in [6, 6.07) is 7.89. The Labute approximate surface area is 180 Å². The molecule has 1 fully saturated rings. The molecule has 9 nitrogen and oxygen atoms in total. The van der Waals surface area contributed by atoms with Crippen molar-refractivity contribution in [2.24, 2.45) is 5.73 Å². The van der Waals surface area contributed by atoms with Gasteiger partial charge in [-0.15, -0.1) is 0 Å². The number of rotatable bonds is 4. The summed E-state index contributed by atoms with van der Waals surface area (Å²) in [4.78, 5) is 33.5. The largest absolute Gasteiger partial charge is 0.365 e. The minimum atomic E-state index is -0.785. The number of nitrogens with one attached hydrogen (secondary N) is 1. The number of aromatic nitrogens is 4. The SMILES string of the molecule is NC(=O)c1ccc(N2CCN(Cc3ccc4c([nH]c(=O)c5ccnn54)c3F)CC2)c(F)n1. The molecule has 4 heterocycles. The molecule has 0 radical (unpaired) electrons. The van der Waals surface area contributed by atoms with Crippen LogP contribution in [-0.4, -0.2) is 56.6 Å². The number of fused-ring (bicyclic) bond motifs is 3. The highest BCUT2D eigenvalue weighted by molar-refractivity contribution is 5.91. The molecule has 0 aliphatic carbocycles. The number of primary amides is 1. The first-order valence-electron chi connectivity index (χ1n) is 10.0. The number of H-pyrrole nitrogens is 1. The Morgan fingerprint density at radius 2 is 1.84 bits per heavy atom. The van der Waals surface area contributed by atoms with Crippen LogP contribution in [0.5, 0.6) is 0 Å². The van der Waals surface area contributed by atoms with E-state index in [1.807, 2.05) is 4.90 Å². The third kappa shape index (κ3) is 3.36. The topological polar surface area (TPSA) is 113 Å². The number of benzene rings is 1. The van der Waals surface area contributed by atoms with Gasteiger partial charge < -0.3 is 15.6 Å². The Hall–Kier alpha value is -3.86. The number of hydrogen-bond acceptors (Lipinski definition) is 6. The molecule has 164 valence electrons. The van der Waals surface area contributed by atoms with Crippen LogP contribution in [0.1, 0.15) is 16.1 Å². The van der Waals surface area contributed by atoms with Gasteiger partial charge >= 0.3 is 0 Å². The molecule has 0 bridgehead atoms. The lowest BCUT2D eigenvalue weighted by Crippen LogP contribution is -2.46. The Kier molecular flexibility index (Phi) is 4.82. The zero-order valence-electron chi connectivity index (χ0n) is 16.9. The summed E-state index contributed by atoms with van der Waals surface area (Å²) >= 11 is 0. The van der Waals surface area contributed by atoms with Crippen LogP contribution in [0.2, 0.25) is 0 Å². The first-order valence-corrected chi connectivity index (χ1v) is 10.0. The molecule has 0 saturated carbocycles. The lowest BCUT2D eigenvalue weighted by molar-refractivity contribution is 0.0994. The number of aromatic amines is 1. The number of anilines is 1. The standard InChI is InChI=1S/C21H19F2N7O2/c22-17-12(1-3-14-18(17)27-21(32)16-5-6-25-30(14)16)11-28-7-9-29(10-8-28)15-4-2-13(20(24)31)26-19(15)23/h1-6H,7-11H2,(H2,24,31)(H,27,32). The number of nitrogens with zero attached hydrogens (tertiary/aromatic N) is 5. The van der Waals surface area contributed by atoms with Crippen molar-refractivity contribution in [3.05, 3.63) is 69.9 Å². The van der Waals surface area contributed by atoms with E-state index >= 15 is 4.39 Å². The summed E-state index contributed by atoms with van der Waals surface area (Å²) in [5.41, 5.74) is 6.31. The smallest absolute Gasteiger partial charge is 0.274 e. The lowest BCUT2D eigenvalue weighted by Gasteiger charge is -2.36. The molecule has 1 amide bonds. The maximum absolute atomic E-state index is 15.2. The van der Waals surface area contributed by atoms with Crippen LogP contribution >= 0.6 is 0 Å². The minimum absolute atomic E-state index is 0.116. The van der Waals surface area contributed by atoms with E-state index in [0.29, 0.717) is 55.0 Å². The fourth-order valence-corrected chi connectivity index (χ4v) is 4.06. The molecule has 0 spiro atoms. The Balaban J connectivity index is 1.33. The van der Waals surface area contributed by atoms with Gasteiger partial charge in [0.15, 0.2) is 5.82 Å². The lowest BCUT2D eigenvalue weighted by atomic mass is 10.1. The van der Waals surface area contributed by atoms with Crippen molar-refractivity contribution in [2.75, 3.05) is 31.1 Å². The Bertz CT molecular complexity index is 1410. The van der Waals surface area contributed by atoms with Crippen molar-refractivity contribution in [1.29, 1.82) is 0 Å². The number of pyridine rings is 1. The molecule has 4 aromatic rings. The van der Waals surface area contributed by atoms with Crippen molar-refractivity contribution in [3.8, 4) is 0 Å². The summed E-state index contributed by atoms with van der Waals surface area (Å²) in [6.45, 7) is 2.51. The molecule has 1 aliphatic rings. The fourth-order valence-electron chi connectivity index (χ4n) is 4.06. The molecule has 1 saturated heterocycles. The highest BCUT2D eigenvalue weighted by Gasteiger charge is 2.22. The van der Waals surface area contributed by atoms with E-state index in [1.54, 1.807) is 18.2 Å². The van der Waals surface area contributed by atoms with Crippen LogP contribution < -0.4 is 16.2 Å². The predicted octanol–water partition coefficient (Wildman–Crippen LogP) is 1.27. The molecule has 3 N–H and O–H groups in total. The maximum atomic E-state index is 15.2. The van der Waals surface area contributed by atoms with Gasteiger partial charge in [-0.25, -0.2) is 13.9 Å². The van der Waals surface area contributed by atoms with E-state index in [0.717, 1.165) is 0 Å². The molecule has 1 aromatic carbocycles. The molecule has 3 aromatic heterocycles. The number of hydrogen-bond donors (Lipinski definition) is 2. The number of piperazine rings is 1. The van der Waals surface area contributed by atoms with Gasteiger partial charge in [0.25, 0.3) is 11.5 Å². The first kappa shape index (κ1) is 20.1. The van der Waals surface area contributed by atoms with Gasteiger partial charge in [-0.2, -0.15) is 9.49 Å². The zero-order valence-corrected chi connectivity index (χ0v) is 16.9. The van der Waals surface area contributed by atoms with E-state index in [-0.39, 0.29) is 11.2 Å². The van der Waals surface area contributed by atoms with Gasteiger partial charge in [-0.3, -0.25) is 14.5 Å². The number of carbonyl (C=O) groups is 1. The van der Waals surface area contributed by atoms with Gasteiger partial charge in [-0.1, -0.05) is 6.07 Å². The van der Waals surface area contributed by atoms with Crippen molar-refractivity contribution in [3.63, 3.8) is 0 Å². The van der Waals surface area contributed by atoms with Crippen LogP contribution in [0, 0.1) is 11.8 Å². The normalized spacial score (nSPS) is 15.0. The summed E-state index contributed by atoms with van der Waals surface area (Å²) < 4.78 is 30.9. The minimum Gasteiger partial charge on any atom is -0.365 e. The zero-order chi connectivity index (χ0) is 22.4. The summed E-state index contributed by atoms with van der Waals surface area (Å²) in [6.07, 6.45) is 1.50. The number of amides is 1. The Morgan fingerprint density at radius 3 is 2.56 bits per heavy atom. The van der Waals surface area contributed by atoms with Gasteiger partial charge in [0.2, 0.25) is 5.95 Å². The van der Waals surface area contributed by atoms with Crippen molar-refractivity contribution < 1.29 is 13.6 Å². The van der Waals surface area contributed by atoms with Crippen molar-refractivity contribution >= 4 is 28.1 Å². The summed E-state index contributed by atoms with van der Waals surface area (Å²) in [5.74, 6) is -2.02. The van der Waals surface area contributed by atoms with Gasteiger partial charge in [0.1, 0.15) is 16.7 Å². The molecular weight excluding hydrogens is 420 g/mol. The van der Waals surface area contributed by atoms with Crippen molar-refractivity contribution in [2.45, 2.75) is 6.54 Å². The number of nitrogens with two attached hydrogens (primary N) is 1. The molecule has 1 aliphatic heterocycles.